The van der Waals surface area contributed by atoms with Gasteiger partial charge in [-0.25, -0.2) is 4.79 Å². The Labute approximate surface area is 195 Å². The second kappa shape index (κ2) is 8.12. The first kappa shape index (κ1) is 21.3. The van der Waals surface area contributed by atoms with Crippen molar-refractivity contribution in [1.82, 2.24) is 18.7 Å². The Kier molecular flexibility index (Phi) is 5.25. The second-order valence-corrected chi connectivity index (χ2v) is 8.90. The molecule has 9 heteroatoms. The van der Waals surface area contributed by atoms with Gasteiger partial charge in [0.05, 0.1) is 13.7 Å². The van der Waals surface area contributed by atoms with Crippen molar-refractivity contribution in [3.05, 3.63) is 80.0 Å². The van der Waals surface area contributed by atoms with Gasteiger partial charge in [-0.05, 0) is 47.9 Å². The van der Waals surface area contributed by atoms with Crippen molar-refractivity contribution in [3.8, 4) is 5.75 Å². The van der Waals surface area contributed by atoms with Crippen LogP contribution >= 0.6 is 11.6 Å². The zero-order chi connectivity index (χ0) is 23.3. The highest BCUT2D eigenvalue weighted by Crippen LogP contribution is 2.33. The topological polar surface area (TPSA) is 74.3 Å². The van der Waals surface area contributed by atoms with Gasteiger partial charge >= 0.3 is 5.69 Å². The van der Waals surface area contributed by atoms with Gasteiger partial charge in [-0.2, -0.15) is 4.98 Å². The number of halogens is 1. The number of imidazole rings is 1. The van der Waals surface area contributed by atoms with Gasteiger partial charge in [0.1, 0.15) is 5.75 Å². The molecule has 170 valence electrons. The Morgan fingerprint density at radius 1 is 1.06 bits per heavy atom. The Bertz CT molecular complexity index is 1450. The van der Waals surface area contributed by atoms with Crippen molar-refractivity contribution in [2.45, 2.75) is 20.0 Å². The summed E-state index contributed by atoms with van der Waals surface area (Å²) in [6, 6.07) is 14.9. The van der Waals surface area contributed by atoms with E-state index in [1.54, 1.807) is 26.3 Å². The molecule has 0 radical (unpaired) electrons. The maximum Gasteiger partial charge on any atom is 0.332 e. The second-order valence-electron chi connectivity index (χ2n) is 8.47. The molecule has 8 nitrogen and oxygen atoms in total. The zero-order valence-electron chi connectivity index (χ0n) is 18.7. The fourth-order valence-electron chi connectivity index (χ4n) is 4.40. The molecule has 1 unspecified atom stereocenters. The molecule has 0 amide bonds. The van der Waals surface area contributed by atoms with E-state index in [1.165, 1.54) is 9.13 Å². The van der Waals surface area contributed by atoms with Crippen LogP contribution in [-0.2, 0) is 20.1 Å². The van der Waals surface area contributed by atoms with Crippen LogP contribution in [-0.4, -0.2) is 32.3 Å². The largest absolute Gasteiger partial charge is 0.497 e. The number of aromatic nitrogens is 4. The van der Waals surface area contributed by atoms with E-state index in [-0.39, 0.29) is 18.0 Å². The predicted octanol–water partition coefficient (Wildman–Crippen LogP) is 3.39. The van der Waals surface area contributed by atoms with Crippen LogP contribution in [0.1, 0.15) is 12.5 Å². The molecule has 2 aromatic carbocycles. The van der Waals surface area contributed by atoms with Crippen LogP contribution in [0.15, 0.2) is 58.1 Å². The summed E-state index contributed by atoms with van der Waals surface area (Å²) in [6.45, 7) is 3.70. The Hall–Kier alpha value is -3.52. The molecule has 0 N–H and O–H groups in total. The lowest BCUT2D eigenvalue weighted by molar-refractivity contribution is 0.414. The van der Waals surface area contributed by atoms with E-state index in [2.05, 4.69) is 11.8 Å². The minimum absolute atomic E-state index is 0.164. The van der Waals surface area contributed by atoms with E-state index in [0.29, 0.717) is 28.7 Å². The number of methoxy groups -OCH3 is 1. The fourth-order valence-corrected chi connectivity index (χ4v) is 4.52. The Morgan fingerprint density at radius 2 is 1.76 bits per heavy atom. The quantitative estimate of drug-likeness (QED) is 0.462. The number of rotatable bonds is 4. The summed E-state index contributed by atoms with van der Waals surface area (Å²) in [7, 11) is 3.29. The van der Waals surface area contributed by atoms with Gasteiger partial charge < -0.3 is 14.2 Å². The monoisotopic (exact) mass is 465 g/mol. The lowest BCUT2D eigenvalue weighted by atomic mass is 10.1. The number of benzene rings is 2. The Morgan fingerprint density at radius 3 is 2.42 bits per heavy atom. The maximum atomic E-state index is 13.6. The Balaban J connectivity index is 1.68. The summed E-state index contributed by atoms with van der Waals surface area (Å²) in [5.41, 5.74) is 1.86. The van der Waals surface area contributed by atoms with Gasteiger partial charge in [0, 0.05) is 30.8 Å². The van der Waals surface area contributed by atoms with E-state index in [0.717, 1.165) is 23.5 Å². The van der Waals surface area contributed by atoms with E-state index in [9.17, 15) is 9.59 Å². The number of hydrogen-bond donors (Lipinski definition) is 0. The summed E-state index contributed by atoms with van der Waals surface area (Å²) in [5.74, 6) is 1.70. The number of nitrogens with zero attached hydrogens (tertiary/aromatic N) is 5. The van der Waals surface area contributed by atoms with E-state index >= 15 is 0 Å². The number of aryl methyl sites for hydroxylation is 1. The number of anilines is 2. The summed E-state index contributed by atoms with van der Waals surface area (Å²) in [6.07, 6.45) is 0. The van der Waals surface area contributed by atoms with Crippen molar-refractivity contribution in [2.24, 2.45) is 13.0 Å². The average molecular weight is 466 g/mol. The molecule has 4 aromatic rings. The molecule has 33 heavy (non-hydrogen) atoms. The lowest BCUT2D eigenvalue weighted by Crippen LogP contribution is -2.40. The zero-order valence-corrected chi connectivity index (χ0v) is 19.4. The molecule has 0 saturated carbocycles. The fraction of sp³-hybridized carbons (Fsp3) is 0.292. The van der Waals surface area contributed by atoms with Gasteiger partial charge in [0.15, 0.2) is 11.2 Å². The third-order valence-electron chi connectivity index (χ3n) is 6.08. The lowest BCUT2D eigenvalue weighted by Gasteiger charge is -2.33. The first-order valence-electron chi connectivity index (χ1n) is 10.7. The third kappa shape index (κ3) is 3.60. The summed E-state index contributed by atoms with van der Waals surface area (Å²) in [4.78, 5) is 33.5. The molecule has 1 aliphatic rings. The first-order chi connectivity index (χ1) is 15.9. The highest BCUT2D eigenvalue weighted by atomic mass is 35.5. The van der Waals surface area contributed by atoms with Gasteiger partial charge in [-0.15, -0.1) is 0 Å². The van der Waals surface area contributed by atoms with Gasteiger partial charge in [0.2, 0.25) is 5.95 Å². The molecule has 0 aliphatic carbocycles. The highest BCUT2D eigenvalue weighted by molar-refractivity contribution is 6.30. The van der Waals surface area contributed by atoms with Crippen molar-refractivity contribution in [3.63, 3.8) is 0 Å². The van der Waals surface area contributed by atoms with E-state index < -0.39 is 5.69 Å². The minimum atomic E-state index is -0.401. The SMILES string of the molecule is COc1ccc(N2CC(C)Cn3c2nc2c3c(=O)n(Cc3ccc(Cl)cc3)c(=O)n2C)cc1. The predicted molar refractivity (Wildman–Crippen MR) is 129 cm³/mol. The van der Waals surface area contributed by atoms with E-state index in [1.807, 2.05) is 41.0 Å². The van der Waals surface area contributed by atoms with Crippen LogP contribution in [0, 0.1) is 5.92 Å². The molecule has 3 heterocycles. The van der Waals surface area contributed by atoms with Crippen LogP contribution in [0.4, 0.5) is 11.6 Å². The first-order valence-corrected chi connectivity index (χ1v) is 11.1. The van der Waals surface area contributed by atoms with E-state index in [4.69, 9.17) is 21.3 Å². The maximum absolute atomic E-state index is 13.6. The van der Waals surface area contributed by atoms with Crippen molar-refractivity contribution < 1.29 is 4.74 Å². The average Bonchev–Trinajstić information content (AvgIpc) is 3.21. The van der Waals surface area contributed by atoms with Crippen molar-refractivity contribution in [2.75, 3.05) is 18.6 Å². The smallest absolute Gasteiger partial charge is 0.332 e. The molecular formula is C24H24ClN5O3. The standard InChI is InChI=1S/C24H24ClN5O3/c1-15-12-28(18-8-10-19(33-3)11-9-18)23-26-21-20(29(23)13-15)22(31)30(24(32)27(21)2)14-16-4-6-17(25)7-5-16/h4-11,15H,12-14H2,1-3H3. The summed E-state index contributed by atoms with van der Waals surface area (Å²) in [5, 5.41) is 0.604. The highest BCUT2D eigenvalue weighted by Gasteiger charge is 2.29. The van der Waals surface area contributed by atoms with Gasteiger partial charge in [-0.1, -0.05) is 30.7 Å². The molecule has 5 rings (SSSR count). The van der Waals surface area contributed by atoms with Gasteiger partial charge in [-0.3, -0.25) is 13.9 Å². The number of ether oxygens (including phenoxy) is 1. The van der Waals surface area contributed by atoms with Crippen LogP contribution in [0.3, 0.4) is 0 Å². The number of fused-ring (bicyclic) bond motifs is 3. The molecule has 0 spiro atoms. The van der Waals surface area contributed by atoms with Crippen LogP contribution in [0.5, 0.6) is 5.75 Å². The molecule has 1 aliphatic heterocycles. The summed E-state index contributed by atoms with van der Waals surface area (Å²) < 4.78 is 9.93. The van der Waals surface area contributed by atoms with Crippen molar-refractivity contribution in [1.29, 1.82) is 0 Å². The molecule has 2 aromatic heterocycles. The summed E-state index contributed by atoms with van der Waals surface area (Å²) >= 11 is 5.98. The minimum Gasteiger partial charge on any atom is -0.497 e. The van der Waals surface area contributed by atoms with Crippen LogP contribution in [0.2, 0.25) is 5.02 Å². The van der Waals surface area contributed by atoms with Crippen LogP contribution in [0.25, 0.3) is 11.2 Å². The molecule has 1 atom stereocenters. The molecular weight excluding hydrogens is 442 g/mol. The van der Waals surface area contributed by atoms with Crippen molar-refractivity contribution >= 4 is 34.4 Å². The van der Waals surface area contributed by atoms with Gasteiger partial charge in [0.25, 0.3) is 5.56 Å². The molecule has 0 saturated heterocycles. The normalized spacial score (nSPS) is 15.6. The molecule has 0 fully saturated rings. The molecule has 0 bridgehead atoms. The number of hydrogen-bond acceptors (Lipinski definition) is 5. The third-order valence-corrected chi connectivity index (χ3v) is 6.33. The van der Waals surface area contributed by atoms with Crippen LogP contribution < -0.4 is 20.9 Å².